The minimum absolute atomic E-state index is 0.131. The van der Waals surface area contributed by atoms with E-state index in [1.54, 1.807) is 11.0 Å². The van der Waals surface area contributed by atoms with Gasteiger partial charge in [-0.25, -0.2) is 0 Å². The summed E-state index contributed by atoms with van der Waals surface area (Å²) in [7, 11) is 0. The van der Waals surface area contributed by atoms with Gasteiger partial charge in [0.05, 0.1) is 10.6 Å². The summed E-state index contributed by atoms with van der Waals surface area (Å²) in [5.41, 5.74) is 3.25. The molecule has 2 rings (SSSR count). The highest BCUT2D eigenvalue weighted by atomic mass is 35.5. The van der Waals surface area contributed by atoms with Gasteiger partial charge in [0, 0.05) is 24.1 Å². The molecule has 0 N–H and O–H groups in total. The second kappa shape index (κ2) is 6.06. The van der Waals surface area contributed by atoms with Gasteiger partial charge in [0.2, 0.25) is 0 Å². The molecule has 0 aliphatic rings. The number of amides is 1. The first-order valence-corrected chi connectivity index (χ1v) is 6.91. The van der Waals surface area contributed by atoms with Crippen molar-refractivity contribution in [3.63, 3.8) is 0 Å². The van der Waals surface area contributed by atoms with Crippen LogP contribution in [-0.4, -0.2) is 17.4 Å². The molecular weight excluding hydrogens is 272 g/mol. The molecule has 0 saturated heterocycles. The van der Waals surface area contributed by atoms with E-state index in [4.69, 9.17) is 11.6 Å². The second-order valence-corrected chi connectivity index (χ2v) is 5.10. The largest absolute Gasteiger partial charge is 0.309 e. The smallest absolute Gasteiger partial charge is 0.261 e. The molecule has 0 fully saturated rings. The fraction of sp³-hybridized carbons (Fsp3) is 0.250. The molecule has 0 aliphatic heterocycles. The highest BCUT2D eigenvalue weighted by Gasteiger charge is 2.19. The average molecular weight is 289 g/mol. The molecule has 0 aliphatic carbocycles. The van der Waals surface area contributed by atoms with Crippen molar-refractivity contribution in [1.29, 1.82) is 0 Å². The molecule has 0 spiro atoms. The van der Waals surface area contributed by atoms with Gasteiger partial charge in [-0.05, 0) is 39.0 Å². The lowest BCUT2D eigenvalue weighted by Crippen LogP contribution is -2.31. The van der Waals surface area contributed by atoms with E-state index in [0.29, 0.717) is 17.1 Å². The Hall–Kier alpha value is -1.87. The number of carbonyl (C=O) groups excluding carboxylic acids is 1. The number of pyridine rings is 1. The maximum atomic E-state index is 12.6. The van der Waals surface area contributed by atoms with E-state index in [0.717, 1.165) is 16.9 Å². The third-order valence-corrected chi connectivity index (χ3v) is 3.44. The fourth-order valence-corrected chi connectivity index (χ4v) is 2.28. The number of halogens is 1. The molecule has 1 aromatic carbocycles. The molecule has 0 radical (unpaired) electrons. The number of hydrogen-bond acceptors (Lipinski definition) is 2. The predicted molar refractivity (Wildman–Crippen MR) is 82.5 cm³/mol. The number of hydrogen-bond donors (Lipinski definition) is 0. The molecular formula is C16H17ClN2O. The van der Waals surface area contributed by atoms with Crippen LogP contribution in [0.25, 0.3) is 0 Å². The molecule has 1 heterocycles. The maximum Gasteiger partial charge on any atom is 0.261 e. The van der Waals surface area contributed by atoms with E-state index in [1.807, 2.05) is 45.0 Å². The maximum absolute atomic E-state index is 12.6. The Labute approximate surface area is 124 Å². The first-order chi connectivity index (χ1) is 9.52. The molecule has 0 atom stereocenters. The summed E-state index contributed by atoms with van der Waals surface area (Å²) in [4.78, 5) is 18.4. The quantitative estimate of drug-likeness (QED) is 0.855. The monoisotopic (exact) mass is 288 g/mol. The van der Waals surface area contributed by atoms with Gasteiger partial charge in [0.15, 0.2) is 0 Å². The first-order valence-electron chi connectivity index (χ1n) is 6.53. The lowest BCUT2D eigenvalue weighted by Gasteiger charge is -2.21. The van der Waals surface area contributed by atoms with Gasteiger partial charge in [-0.2, -0.15) is 0 Å². The van der Waals surface area contributed by atoms with Crippen molar-refractivity contribution in [3.05, 3.63) is 58.4 Å². The summed E-state index contributed by atoms with van der Waals surface area (Å²) in [6.07, 6.45) is 1.54. The Morgan fingerprint density at radius 1 is 1.25 bits per heavy atom. The number of rotatable bonds is 3. The zero-order chi connectivity index (χ0) is 14.7. The average Bonchev–Trinajstić information content (AvgIpc) is 2.41. The van der Waals surface area contributed by atoms with Crippen molar-refractivity contribution in [3.8, 4) is 0 Å². The summed E-state index contributed by atoms with van der Waals surface area (Å²) in [5, 5.41) is 0.438. The highest BCUT2D eigenvalue weighted by molar-refractivity contribution is 6.34. The van der Waals surface area contributed by atoms with Gasteiger partial charge >= 0.3 is 0 Å². The molecule has 0 bridgehead atoms. The molecule has 0 saturated carbocycles. The summed E-state index contributed by atoms with van der Waals surface area (Å²) in [6.45, 7) is 6.37. The Morgan fingerprint density at radius 3 is 2.45 bits per heavy atom. The molecule has 4 heteroatoms. The van der Waals surface area contributed by atoms with Crippen LogP contribution in [0, 0.1) is 13.8 Å². The topological polar surface area (TPSA) is 33.2 Å². The molecule has 0 unspecified atom stereocenters. The number of anilines is 1. The van der Waals surface area contributed by atoms with Crippen LogP contribution in [0.4, 0.5) is 5.69 Å². The van der Waals surface area contributed by atoms with Crippen molar-refractivity contribution in [2.24, 2.45) is 0 Å². The Morgan fingerprint density at radius 2 is 1.90 bits per heavy atom. The van der Waals surface area contributed by atoms with Crippen molar-refractivity contribution in [1.82, 2.24) is 4.98 Å². The Kier molecular flexibility index (Phi) is 4.40. The predicted octanol–water partition coefficient (Wildman–Crippen LogP) is 4.02. The van der Waals surface area contributed by atoms with Crippen LogP contribution in [0.3, 0.4) is 0 Å². The molecule has 3 nitrogen and oxygen atoms in total. The molecule has 20 heavy (non-hydrogen) atoms. The van der Waals surface area contributed by atoms with E-state index >= 15 is 0 Å². The summed E-state index contributed by atoms with van der Waals surface area (Å²) in [5.74, 6) is -0.131. The summed E-state index contributed by atoms with van der Waals surface area (Å²) >= 11 is 6.15. The van der Waals surface area contributed by atoms with Crippen LogP contribution < -0.4 is 4.90 Å². The van der Waals surface area contributed by atoms with Gasteiger partial charge in [-0.1, -0.05) is 29.3 Å². The minimum atomic E-state index is -0.131. The second-order valence-electron chi connectivity index (χ2n) is 4.69. The number of nitrogens with zero attached hydrogens (tertiary/aromatic N) is 2. The van der Waals surface area contributed by atoms with Gasteiger partial charge in [-0.3, -0.25) is 9.78 Å². The van der Waals surface area contributed by atoms with Crippen LogP contribution in [0.2, 0.25) is 5.02 Å². The van der Waals surface area contributed by atoms with Crippen molar-refractivity contribution < 1.29 is 4.79 Å². The van der Waals surface area contributed by atoms with Crippen molar-refractivity contribution in [2.75, 3.05) is 11.4 Å². The normalized spacial score (nSPS) is 10.4. The third kappa shape index (κ3) is 2.99. The van der Waals surface area contributed by atoms with Crippen LogP contribution in [-0.2, 0) is 0 Å². The molecule has 104 valence electrons. The number of carbonyl (C=O) groups is 1. The lowest BCUT2D eigenvalue weighted by molar-refractivity contribution is 0.0988. The van der Waals surface area contributed by atoms with E-state index in [1.165, 1.54) is 6.20 Å². The number of benzene rings is 1. The third-order valence-electron chi connectivity index (χ3n) is 3.13. The van der Waals surface area contributed by atoms with E-state index in [2.05, 4.69) is 4.98 Å². The fourth-order valence-electron chi connectivity index (χ4n) is 2.00. The van der Waals surface area contributed by atoms with Gasteiger partial charge in [0.25, 0.3) is 5.91 Å². The number of aryl methyl sites for hydroxylation is 2. The SMILES string of the molecule is CCN(C(=O)c1cnc(C)cc1Cl)c1ccc(C)cc1. The number of aromatic nitrogens is 1. The molecule has 2 aromatic rings. The van der Waals surface area contributed by atoms with Crippen LogP contribution in [0.15, 0.2) is 36.5 Å². The zero-order valence-electron chi connectivity index (χ0n) is 11.9. The zero-order valence-corrected chi connectivity index (χ0v) is 12.6. The lowest BCUT2D eigenvalue weighted by atomic mass is 10.2. The van der Waals surface area contributed by atoms with E-state index in [-0.39, 0.29) is 5.91 Å². The van der Waals surface area contributed by atoms with Crippen molar-refractivity contribution in [2.45, 2.75) is 20.8 Å². The summed E-state index contributed by atoms with van der Waals surface area (Å²) < 4.78 is 0. The van der Waals surface area contributed by atoms with Crippen LogP contribution in [0.1, 0.15) is 28.5 Å². The van der Waals surface area contributed by atoms with Gasteiger partial charge < -0.3 is 4.90 Å². The Bertz CT molecular complexity index is 623. The molecule has 1 aromatic heterocycles. The van der Waals surface area contributed by atoms with Gasteiger partial charge in [0.1, 0.15) is 0 Å². The van der Waals surface area contributed by atoms with Crippen LogP contribution >= 0.6 is 11.6 Å². The minimum Gasteiger partial charge on any atom is -0.309 e. The van der Waals surface area contributed by atoms with Crippen molar-refractivity contribution >= 4 is 23.2 Å². The Balaban J connectivity index is 2.36. The highest BCUT2D eigenvalue weighted by Crippen LogP contribution is 2.22. The van der Waals surface area contributed by atoms with Crippen LogP contribution in [0.5, 0.6) is 0 Å². The molecule has 1 amide bonds. The van der Waals surface area contributed by atoms with E-state index < -0.39 is 0 Å². The summed E-state index contributed by atoms with van der Waals surface area (Å²) in [6, 6.07) is 9.55. The van der Waals surface area contributed by atoms with E-state index in [9.17, 15) is 4.79 Å². The standard InChI is InChI=1S/C16H17ClN2O/c1-4-19(13-7-5-11(2)6-8-13)16(20)14-10-18-12(3)9-15(14)17/h5-10H,4H2,1-3H3. The first kappa shape index (κ1) is 14.5. The van der Waals surface area contributed by atoms with Gasteiger partial charge in [-0.15, -0.1) is 0 Å².